The SMILES string of the molecule is C/C=C(/C)C(=O)O.O=S(=O)(O)C(F)(F)F. The Bertz CT molecular complexity index is 340. The van der Waals surface area contributed by atoms with E-state index in [1.54, 1.807) is 19.9 Å². The number of aliphatic carboxylic acids is 1. The predicted molar refractivity (Wildman–Crippen MR) is 44.7 cm³/mol. The smallest absolute Gasteiger partial charge is 0.478 e. The van der Waals surface area contributed by atoms with Crippen LogP contribution in [0.25, 0.3) is 0 Å². The first kappa shape index (κ1) is 16.3. The molecule has 0 fully saturated rings. The first-order chi connectivity index (χ1) is 6.43. The molecule has 0 aliphatic rings. The van der Waals surface area contributed by atoms with E-state index in [-0.39, 0.29) is 0 Å². The van der Waals surface area contributed by atoms with Gasteiger partial charge in [-0.05, 0) is 13.8 Å². The number of hydrogen-bond donors (Lipinski definition) is 2. The molecule has 0 bridgehead atoms. The van der Waals surface area contributed by atoms with E-state index in [4.69, 9.17) is 18.1 Å². The highest BCUT2D eigenvalue weighted by molar-refractivity contribution is 7.86. The summed E-state index contributed by atoms with van der Waals surface area (Å²) >= 11 is 0. The lowest BCUT2D eigenvalue weighted by atomic mass is 10.3. The molecule has 0 aliphatic heterocycles. The fraction of sp³-hybridized carbons (Fsp3) is 0.500. The molecule has 15 heavy (non-hydrogen) atoms. The Balaban J connectivity index is 0. The molecule has 2 N–H and O–H groups in total. The minimum atomic E-state index is -5.84. The van der Waals surface area contributed by atoms with Crippen molar-refractivity contribution in [2.45, 2.75) is 19.4 Å². The number of rotatable bonds is 1. The Morgan fingerprint density at radius 3 is 1.60 bits per heavy atom. The zero-order valence-corrected chi connectivity index (χ0v) is 8.56. The average Bonchev–Trinajstić information content (AvgIpc) is 2.00. The summed E-state index contributed by atoms with van der Waals surface area (Å²) in [5.41, 5.74) is -5.15. The second kappa shape index (κ2) is 5.71. The Morgan fingerprint density at radius 1 is 1.33 bits per heavy atom. The van der Waals surface area contributed by atoms with Crippen LogP contribution < -0.4 is 0 Å². The first-order valence-corrected chi connectivity index (χ1v) is 4.77. The molecule has 0 radical (unpaired) electrons. The molecule has 0 rings (SSSR count). The lowest BCUT2D eigenvalue weighted by molar-refractivity contribution is -0.132. The van der Waals surface area contributed by atoms with Crippen LogP contribution in [-0.2, 0) is 14.9 Å². The van der Waals surface area contributed by atoms with E-state index < -0.39 is 21.6 Å². The van der Waals surface area contributed by atoms with Gasteiger partial charge in [-0.15, -0.1) is 0 Å². The zero-order chi connectivity index (χ0) is 12.9. The van der Waals surface area contributed by atoms with E-state index in [0.29, 0.717) is 5.57 Å². The van der Waals surface area contributed by atoms with Crippen molar-refractivity contribution < 1.29 is 36.0 Å². The Morgan fingerprint density at radius 2 is 1.60 bits per heavy atom. The van der Waals surface area contributed by atoms with Crippen molar-refractivity contribution in [1.82, 2.24) is 0 Å². The lowest BCUT2D eigenvalue weighted by Gasteiger charge is -1.97. The maximum Gasteiger partial charge on any atom is 0.522 e. The minimum absolute atomic E-state index is 0.389. The fourth-order valence-electron chi connectivity index (χ4n) is 0.123. The van der Waals surface area contributed by atoms with Gasteiger partial charge >= 0.3 is 21.6 Å². The van der Waals surface area contributed by atoms with Crippen molar-refractivity contribution in [3.05, 3.63) is 11.6 Å². The van der Waals surface area contributed by atoms with Gasteiger partial charge in [0.2, 0.25) is 0 Å². The molecular formula is C6H9F3O5S. The fourth-order valence-corrected chi connectivity index (χ4v) is 0.123. The number of halogens is 3. The van der Waals surface area contributed by atoms with Gasteiger partial charge in [-0.2, -0.15) is 21.6 Å². The van der Waals surface area contributed by atoms with E-state index >= 15 is 0 Å². The highest BCUT2D eigenvalue weighted by atomic mass is 32.2. The number of carbonyl (C=O) groups is 1. The normalized spacial score (nSPS) is 12.8. The maximum absolute atomic E-state index is 10.7. The summed E-state index contributed by atoms with van der Waals surface area (Å²) in [7, 11) is -5.84. The molecule has 0 amide bonds. The van der Waals surface area contributed by atoms with Crippen molar-refractivity contribution in [3.63, 3.8) is 0 Å². The van der Waals surface area contributed by atoms with E-state index in [0.717, 1.165) is 0 Å². The Hall–Kier alpha value is -1.09. The summed E-state index contributed by atoms with van der Waals surface area (Å²) in [5.74, 6) is -0.845. The van der Waals surface area contributed by atoms with Gasteiger partial charge in [0.05, 0.1) is 0 Å². The number of allylic oxidation sites excluding steroid dienone is 1. The highest BCUT2D eigenvalue weighted by Crippen LogP contribution is 2.20. The summed E-state index contributed by atoms with van der Waals surface area (Å²) in [4.78, 5) is 9.86. The topological polar surface area (TPSA) is 91.7 Å². The summed E-state index contributed by atoms with van der Waals surface area (Å²) in [6, 6.07) is 0. The van der Waals surface area contributed by atoms with E-state index in [1.165, 1.54) is 0 Å². The third-order valence-electron chi connectivity index (χ3n) is 1.06. The van der Waals surface area contributed by atoms with Crippen LogP contribution in [0.2, 0.25) is 0 Å². The van der Waals surface area contributed by atoms with Gasteiger partial charge in [-0.3, -0.25) is 4.55 Å². The predicted octanol–water partition coefficient (Wildman–Crippen LogP) is 1.43. The monoisotopic (exact) mass is 250 g/mol. The summed E-state index contributed by atoms with van der Waals surface area (Å²) in [6.07, 6.45) is 1.56. The van der Waals surface area contributed by atoms with Gasteiger partial charge in [-0.25, -0.2) is 4.79 Å². The van der Waals surface area contributed by atoms with Crippen LogP contribution in [-0.4, -0.2) is 29.6 Å². The molecule has 0 spiro atoms. The second-order valence-corrected chi connectivity index (χ2v) is 3.61. The average molecular weight is 250 g/mol. The number of carboxylic acids is 1. The van der Waals surface area contributed by atoms with Crippen LogP contribution in [0.5, 0.6) is 0 Å². The molecule has 0 saturated heterocycles. The van der Waals surface area contributed by atoms with Crippen molar-refractivity contribution in [1.29, 1.82) is 0 Å². The molecule has 0 heterocycles. The lowest BCUT2D eigenvalue weighted by Crippen LogP contribution is -2.21. The molecule has 0 aromatic heterocycles. The quantitative estimate of drug-likeness (QED) is 0.417. The maximum atomic E-state index is 10.7. The van der Waals surface area contributed by atoms with Gasteiger partial charge in [0.15, 0.2) is 0 Å². The molecule has 90 valence electrons. The Labute approximate surface area is 84.0 Å². The van der Waals surface area contributed by atoms with Crippen LogP contribution in [0, 0.1) is 0 Å². The van der Waals surface area contributed by atoms with Crippen LogP contribution in [0.15, 0.2) is 11.6 Å². The standard InChI is InChI=1S/C5H8O2.CHF3O3S/c1-3-4(2)5(6)7;2-1(3,4)8(5,6)7/h3H,1-2H3,(H,6,7);(H,5,6,7)/b4-3-;. The molecule has 9 heteroatoms. The van der Waals surface area contributed by atoms with Crippen molar-refractivity contribution in [3.8, 4) is 0 Å². The van der Waals surface area contributed by atoms with Crippen molar-refractivity contribution in [2.24, 2.45) is 0 Å². The first-order valence-electron chi connectivity index (χ1n) is 3.33. The van der Waals surface area contributed by atoms with Gasteiger partial charge in [0.25, 0.3) is 0 Å². The summed E-state index contributed by atoms with van der Waals surface area (Å²) in [6.45, 7) is 3.26. The number of carboxylic acid groups (broad SMARTS) is 1. The number of hydrogen-bond acceptors (Lipinski definition) is 3. The van der Waals surface area contributed by atoms with E-state index in [1.807, 2.05) is 0 Å². The van der Waals surface area contributed by atoms with Crippen LogP contribution >= 0.6 is 0 Å². The molecule has 0 unspecified atom stereocenters. The van der Waals surface area contributed by atoms with Gasteiger partial charge in [-0.1, -0.05) is 6.08 Å². The number of alkyl halides is 3. The molecular weight excluding hydrogens is 241 g/mol. The molecule has 0 atom stereocenters. The minimum Gasteiger partial charge on any atom is -0.478 e. The van der Waals surface area contributed by atoms with Crippen molar-refractivity contribution in [2.75, 3.05) is 0 Å². The largest absolute Gasteiger partial charge is 0.522 e. The summed E-state index contributed by atoms with van der Waals surface area (Å²) < 4.78 is 57.5. The van der Waals surface area contributed by atoms with Gasteiger partial charge < -0.3 is 5.11 Å². The Kier molecular flexibility index (Phi) is 6.22. The van der Waals surface area contributed by atoms with Crippen LogP contribution in [0.3, 0.4) is 0 Å². The molecule has 5 nitrogen and oxygen atoms in total. The molecule has 0 aliphatic carbocycles. The third kappa shape index (κ3) is 7.94. The van der Waals surface area contributed by atoms with E-state index in [9.17, 15) is 18.0 Å². The zero-order valence-electron chi connectivity index (χ0n) is 7.74. The van der Waals surface area contributed by atoms with Crippen LogP contribution in [0.1, 0.15) is 13.8 Å². The third-order valence-corrected chi connectivity index (χ3v) is 1.65. The van der Waals surface area contributed by atoms with Crippen LogP contribution in [0.4, 0.5) is 13.2 Å². The summed E-state index contributed by atoms with van der Waals surface area (Å²) in [5, 5.41) is 8.11. The second-order valence-electron chi connectivity index (χ2n) is 2.20. The highest BCUT2D eigenvalue weighted by Gasteiger charge is 2.44. The van der Waals surface area contributed by atoms with E-state index in [2.05, 4.69) is 0 Å². The van der Waals surface area contributed by atoms with Crippen molar-refractivity contribution >= 4 is 16.1 Å². The molecule has 0 aromatic rings. The van der Waals surface area contributed by atoms with Gasteiger partial charge in [0, 0.05) is 5.57 Å². The van der Waals surface area contributed by atoms with Gasteiger partial charge in [0.1, 0.15) is 0 Å². The molecule has 0 saturated carbocycles. The molecule has 0 aromatic carbocycles.